The molecule has 4 rings (SSSR count). The fourth-order valence-corrected chi connectivity index (χ4v) is 4.41. The summed E-state index contributed by atoms with van der Waals surface area (Å²) in [6, 6.07) is 16.2. The third kappa shape index (κ3) is 4.77. The highest BCUT2D eigenvalue weighted by molar-refractivity contribution is 6.30. The lowest BCUT2D eigenvalue weighted by molar-refractivity contribution is -0.139. The molecule has 1 atom stereocenters. The number of alkyl halides is 3. The third-order valence-corrected chi connectivity index (χ3v) is 6.05. The van der Waals surface area contributed by atoms with Crippen LogP contribution in [0.25, 0.3) is 6.08 Å². The number of hydrogen-bond acceptors (Lipinski definition) is 2. The Bertz CT molecular complexity index is 1260. The Hall–Kier alpha value is -3.38. The van der Waals surface area contributed by atoms with E-state index in [0.717, 1.165) is 17.2 Å². The molecule has 0 bridgehead atoms. The number of fused-ring (bicyclic) bond motifs is 1. The number of carbonyl (C=O) groups is 2. The SMILES string of the molecule is Cc1cc(Cl)cc(C(/C=C/c2ccc(CN3C(=O)c4ccccc4C3=O)c(C)c2)C(F)(F)F)c1. The number of carbonyl (C=O) groups excluding carboxylic acids is 2. The van der Waals surface area contributed by atoms with Crippen LogP contribution in [0.15, 0.2) is 66.7 Å². The molecule has 3 aromatic rings. The summed E-state index contributed by atoms with van der Waals surface area (Å²) in [4.78, 5) is 26.4. The average molecular weight is 484 g/mol. The molecule has 0 aromatic heterocycles. The van der Waals surface area contributed by atoms with Crippen LogP contribution in [-0.4, -0.2) is 22.9 Å². The van der Waals surface area contributed by atoms with Crippen LogP contribution in [0.4, 0.5) is 13.2 Å². The molecule has 0 saturated heterocycles. The van der Waals surface area contributed by atoms with Crippen molar-refractivity contribution in [3.63, 3.8) is 0 Å². The van der Waals surface area contributed by atoms with E-state index in [4.69, 9.17) is 11.6 Å². The first-order valence-electron chi connectivity index (χ1n) is 10.6. The van der Waals surface area contributed by atoms with Gasteiger partial charge in [0.15, 0.2) is 0 Å². The highest BCUT2D eigenvalue weighted by atomic mass is 35.5. The molecule has 1 aliphatic rings. The van der Waals surface area contributed by atoms with Crippen LogP contribution in [0.3, 0.4) is 0 Å². The van der Waals surface area contributed by atoms with Gasteiger partial charge >= 0.3 is 6.18 Å². The van der Waals surface area contributed by atoms with E-state index < -0.39 is 12.1 Å². The van der Waals surface area contributed by atoms with E-state index in [-0.39, 0.29) is 28.9 Å². The first-order chi connectivity index (χ1) is 16.0. The van der Waals surface area contributed by atoms with Crippen LogP contribution in [-0.2, 0) is 6.54 Å². The van der Waals surface area contributed by atoms with Crippen LogP contribution in [0, 0.1) is 13.8 Å². The number of hydrogen-bond donors (Lipinski definition) is 0. The zero-order valence-corrected chi connectivity index (χ0v) is 19.2. The fraction of sp³-hybridized carbons (Fsp3) is 0.185. The van der Waals surface area contributed by atoms with Gasteiger partial charge in [-0.25, -0.2) is 0 Å². The standard InChI is InChI=1S/C27H21ClF3NO2/c1-16-11-20(14-21(28)12-16)24(27(29,30)31)10-8-18-7-9-19(17(2)13-18)15-32-25(33)22-5-3-4-6-23(22)26(32)34/h3-14,24H,15H2,1-2H3/b10-8+. The third-order valence-electron chi connectivity index (χ3n) is 5.83. The Kier molecular flexibility index (Phi) is 6.36. The minimum Gasteiger partial charge on any atom is -0.270 e. The summed E-state index contributed by atoms with van der Waals surface area (Å²) in [5.41, 5.74) is 3.56. The van der Waals surface area contributed by atoms with E-state index >= 15 is 0 Å². The van der Waals surface area contributed by atoms with Crippen molar-refractivity contribution < 1.29 is 22.8 Å². The van der Waals surface area contributed by atoms with E-state index in [0.29, 0.717) is 22.3 Å². The molecular formula is C27H21ClF3NO2. The molecular weight excluding hydrogens is 463 g/mol. The number of nitrogens with zero attached hydrogens (tertiary/aromatic N) is 1. The van der Waals surface area contributed by atoms with E-state index in [9.17, 15) is 22.8 Å². The lowest BCUT2D eigenvalue weighted by Crippen LogP contribution is -2.29. The van der Waals surface area contributed by atoms with Gasteiger partial charge in [0.05, 0.1) is 23.6 Å². The molecule has 1 unspecified atom stereocenters. The normalized spacial score (nSPS) is 14.7. The molecule has 34 heavy (non-hydrogen) atoms. The second-order valence-corrected chi connectivity index (χ2v) is 8.80. The Morgan fingerprint density at radius 2 is 1.59 bits per heavy atom. The number of aryl methyl sites for hydroxylation is 2. The average Bonchev–Trinajstić information content (AvgIpc) is 2.99. The topological polar surface area (TPSA) is 37.4 Å². The second-order valence-electron chi connectivity index (χ2n) is 8.37. The van der Waals surface area contributed by atoms with E-state index in [1.165, 1.54) is 23.1 Å². The van der Waals surface area contributed by atoms with E-state index in [2.05, 4.69) is 0 Å². The van der Waals surface area contributed by atoms with Crippen molar-refractivity contribution in [2.75, 3.05) is 0 Å². The van der Waals surface area contributed by atoms with Crippen molar-refractivity contribution in [3.8, 4) is 0 Å². The molecule has 3 aromatic carbocycles. The Morgan fingerprint density at radius 3 is 2.15 bits per heavy atom. The molecule has 7 heteroatoms. The highest BCUT2D eigenvalue weighted by Gasteiger charge is 2.39. The molecule has 1 aliphatic heterocycles. The minimum atomic E-state index is -4.48. The maximum absolute atomic E-state index is 13.8. The number of rotatable bonds is 5. The summed E-state index contributed by atoms with van der Waals surface area (Å²) in [6.07, 6.45) is -1.94. The van der Waals surface area contributed by atoms with Crippen LogP contribution < -0.4 is 0 Å². The van der Waals surface area contributed by atoms with Crippen molar-refractivity contribution in [1.29, 1.82) is 0 Å². The van der Waals surface area contributed by atoms with Gasteiger partial charge in [-0.1, -0.05) is 60.2 Å². The number of imide groups is 1. The minimum absolute atomic E-state index is 0.0766. The number of benzene rings is 3. The lowest BCUT2D eigenvalue weighted by Gasteiger charge is -2.18. The van der Waals surface area contributed by atoms with Crippen molar-refractivity contribution in [2.45, 2.75) is 32.5 Å². The largest absolute Gasteiger partial charge is 0.399 e. The number of halogens is 4. The van der Waals surface area contributed by atoms with Crippen LogP contribution in [0.5, 0.6) is 0 Å². The van der Waals surface area contributed by atoms with Gasteiger partial charge < -0.3 is 0 Å². The van der Waals surface area contributed by atoms with Gasteiger partial charge in [-0.3, -0.25) is 14.5 Å². The van der Waals surface area contributed by atoms with Gasteiger partial charge in [-0.15, -0.1) is 0 Å². The van der Waals surface area contributed by atoms with Crippen LogP contribution in [0.2, 0.25) is 5.02 Å². The fourth-order valence-electron chi connectivity index (χ4n) is 4.11. The molecule has 0 saturated carbocycles. The monoisotopic (exact) mass is 483 g/mol. The predicted octanol–water partition coefficient (Wildman–Crippen LogP) is 7.11. The van der Waals surface area contributed by atoms with Gasteiger partial charge in [0.1, 0.15) is 0 Å². The maximum atomic E-state index is 13.8. The number of amides is 2. The van der Waals surface area contributed by atoms with Crippen molar-refractivity contribution in [2.24, 2.45) is 0 Å². The van der Waals surface area contributed by atoms with Crippen LogP contribution in [0.1, 0.15) is 54.5 Å². The van der Waals surface area contributed by atoms with Crippen molar-refractivity contribution in [3.05, 3.63) is 111 Å². The number of allylic oxidation sites excluding steroid dienone is 1. The summed E-state index contributed by atoms with van der Waals surface area (Å²) in [5.74, 6) is -2.51. The summed E-state index contributed by atoms with van der Waals surface area (Å²) in [6.45, 7) is 3.59. The molecule has 0 N–H and O–H groups in total. The smallest absolute Gasteiger partial charge is 0.270 e. The van der Waals surface area contributed by atoms with Crippen molar-refractivity contribution in [1.82, 2.24) is 4.90 Å². The zero-order valence-electron chi connectivity index (χ0n) is 18.5. The van der Waals surface area contributed by atoms with Crippen LogP contribution >= 0.6 is 11.6 Å². The van der Waals surface area contributed by atoms with Gasteiger partial charge in [-0.05, 0) is 65.9 Å². The van der Waals surface area contributed by atoms with Crippen molar-refractivity contribution >= 4 is 29.5 Å². The quantitative estimate of drug-likeness (QED) is 0.362. The highest BCUT2D eigenvalue weighted by Crippen LogP contribution is 2.38. The van der Waals surface area contributed by atoms with E-state index in [1.54, 1.807) is 62.4 Å². The first kappa shape index (κ1) is 23.8. The molecule has 2 amide bonds. The molecule has 0 aliphatic carbocycles. The summed E-state index contributed by atoms with van der Waals surface area (Å²) in [7, 11) is 0. The Morgan fingerprint density at radius 1 is 0.941 bits per heavy atom. The summed E-state index contributed by atoms with van der Waals surface area (Å²) in [5, 5.41) is 0.256. The molecule has 0 spiro atoms. The van der Waals surface area contributed by atoms with E-state index in [1.807, 2.05) is 0 Å². The first-order valence-corrected chi connectivity index (χ1v) is 11.0. The summed E-state index contributed by atoms with van der Waals surface area (Å²) >= 11 is 5.98. The molecule has 1 heterocycles. The second kappa shape index (κ2) is 9.11. The predicted molar refractivity (Wildman–Crippen MR) is 126 cm³/mol. The Labute approximate surface area is 200 Å². The van der Waals surface area contributed by atoms with Gasteiger partial charge in [0.2, 0.25) is 0 Å². The van der Waals surface area contributed by atoms with Gasteiger partial charge in [0, 0.05) is 5.02 Å². The maximum Gasteiger partial charge on any atom is 0.399 e. The lowest BCUT2D eigenvalue weighted by atomic mass is 9.95. The van der Waals surface area contributed by atoms with Gasteiger partial charge in [0.25, 0.3) is 11.8 Å². The molecule has 0 radical (unpaired) electrons. The van der Waals surface area contributed by atoms with Gasteiger partial charge in [-0.2, -0.15) is 13.2 Å². The Balaban J connectivity index is 1.56. The molecule has 174 valence electrons. The summed E-state index contributed by atoms with van der Waals surface area (Å²) < 4.78 is 41.3. The molecule has 0 fully saturated rings. The molecule has 3 nitrogen and oxygen atoms in total. The zero-order chi connectivity index (χ0) is 24.6.